The Bertz CT molecular complexity index is 465. The van der Waals surface area contributed by atoms with E-state index in [0.29, 0.717) is 12.1 Å². The minimum atomic E-state index is 0.145. The minimum Gasteiger partial charge on any atom is -0.409 e. The number of hydrazine groups is 1. The van der Waals surface area contributed by atoms with E-state index in [1.54, 1.807) is 0 Å². The van der Waals surface area contributed by atoms with Gasteiger partial charge in [-0.15, -0.1) is 0 Å². The first-order valence-corrected chi connectivity index (χ1v) is 7.20. The molecule has 1 aromatic rings. The Labute approximate surface area is 120 Å². The van der Waals surface area contributed by atoms with Gasteiger partial charge in [0.1, 0.15) is 0 Å². The number of benzene rings is 1. The van der Waals surface area contributed by atoms with Gasteiger partial charge in [0.2, 0.25) is 0 Å². The highest BCUT2D eigenvalue weighted by Crippen LogP contribution is 2.20. The Balaban J connectivity index is 2.00. The zero-order chi connectivity index (χ0) is 14.5. The van der Waals surface area contributed by atoms with Gasteiger partial charge < -0.3 is 10.9 Å². The fraction of sp³-hybridized carbons (Fsp3) is 0.533. The van der Waals surface area contributed by atoms with Gasteiger partial charge in [0.15, 0.2) is 5.84 Å². The molecule has 0 radical (unpaired) electrons. The molecule has 2 atom stereocenters. The van der Waals surface area contributed by atoms with Gasteiger partial charge in [0, 0.05) is 24.2 Å². The lowest BCUT2D eigenvalue weighted by molar-refractivity contribution is 0.0435. The van der Waals surface area contributed by atoms with Crippen molar-refractivity contribution in [3.8, 4) is 0 Å². The molecule has 4 N–H and O–H groups in total. The molecule has 0 spiro atoms. The van der Waals surface area contributed by atoms with Crippen molar-refractivity contribution in [2.75, 3.05) is 0 Å². The molecule has 20 heavy (non-hydrogen) atoms. The van der Waals surface area contributed by atoms with E-state index >= 15 is 0 Å². The summed E-state index contributed by atoms with van der Waals surface area (Å²) in [4.78, 5) is 0. The van der Waals surface area contributed by atoms with E-state index in [9.17, 15) is 0 Å². The van der Waals surface area contributed by atoms with Gasteiger partial charge in [-0.05, 0) is 38.3 Å². The number of hydrogen-bond donors (Lipinski definition) is 3. The average Bonchev–Trinajstić information content (AvgIpc) is 2.46. The van der Waals surface area contributed by atoms with Gasteiger partial charge in [-0.3, -0.25) is 5.43 Å². The van der Waals surface area contributed by atoms with Crippen LogP contribution in [0, 0.1) is 0 Å². The fourth-order valence-electron chi connectivity index (χ4n) is 2.81. The van der Waals surface area contributed by atoms with E-state index in [2.05, 4.69) is 29.4 Å². The summed E-state index contributed by atoms with van der Waals surface area (Å²) < 4.78 is 0. The molecule has 0 saturated carbocycles. The molecular formula is C15H24N4O. The van der Waals surface area contributed by atoms with Crippen LogP contribution in [-0.2, 0) is 6.54 Å². The van der Waals surface area contributed by atoms with Crippen LogP contribution in [0.15, 0.2) is 29.4 Å². The summed E-state index contributed by atoms with van der Waals surface area (Å²) in [7, 11) is 0. The molecule has 1 fully saturated rings. The normalized spacial score (nSPS) is 24.8. The Morgan fingerprint density at radius 1 is 1.40 bits per heavy atom. The molecule has 0 aromatic heterocycles. The lowest BCUT2D eigenvalue weighted by Gasteiger charge is -2.39. The number of nitrogens with one attached hydrogen (secondary N) is 1. The third-order valence-corrected chi connectivity index (χ3v) is 3.99. The molecule has 2 rings (SSSR count). The van der Waals surface area contributed by atoms with Crippen LogP contribution in [0.4, 0.5) is 0 Å². The lowest BCUT2D eigenvalue weighted by atomic mass is 10.00. The van der Waals surface area contributed by atoms with E-state index in [0.717, 1.165) is 17.7 Å². The van der Waals surface area contributed by atoms with Gasteiger partial charge in [-0.2, -0.15) is 0 Å². The Hall–Kier alpha value is -1.59. The molecule has 1 aromatic carbocycles. The first-order valence-electron chi connectivity index (χ1n) is 7.20. The van der Waals surface area contributed by atoms with Crippen molar-refractivity contribution in [1.82, 2.24) is 10.4 Å². The van der Waals surface area contributed by atoms with Crippen LogP contribution in [0.1, 0.15) is 44.2 Å². The van der Waals surface area contributed by atoms with E-state index in [1.807, 2.05) is 24.3 Å². The van der Waals surface area contributed by atoms with Crippen LogP contribution in [-0.4, -0.2) is 28.1 Å². The topological polar surface area (TPSA) is 73.9 Å². The van der Waals surface area contributed by atoms with Crippen LogP contribution < -0.4 is 11.2 Å². The maximum Gasteiger partial charge on any atom is 0.170 e. The molecule has 0 aliphatic carbocycles. The van der Waals surface area contributed by atoms with Crippen molar-refractivity contribution in [1.29, 1.82) is 0 Å². The first-order chi connectivity index (χ1) is 9.61. The summed E-state index contributed by atoms with van der Waals surface area (Å²) in [5, 5.41) is 14.1. The van der Waals surface area contributed by atoms with Gasteiger partial charge in [0.25, 0.3) is 0 Å². The van der Waals surface area contributed by atoms with E-state index < -0.39 is 0 Å². The zero-order valence-corrected chi connectivity index (χ0v) is 12.2. The molecule has 1 aliphatic heterocycles. The minimum absolute atomic E-state index is 0.145. The summed E-state index contributed by atoms with van der Waals surface area (Å²) in [6.07, 6.45) is 3.78. The largest absolute Gasteiger partial charge is 0.409 e. The number of rotatable bonds is 4. The predicted molar refractivity (Wildman–Crippen MR) is 80.4 cm³/mol. The monoisotopic (exact) mass is 276 g/mol. The molecule has 110 valence electrons. The maximum absolute atomic E-state index is 8.72. The second-order valence-electron chi connectivity index (χ2n) is 5.56. The Morgan fingerprint density at radius 2 is 2.10 bits per heavy atom. The smallest absolute Gasteiger partial charge is 0.170 e. The van der Waals surface area contributed by atoms with Gasteiger partial charge in [-0.1, -0.05) is 29.8 Å². The standard InChI is InChI=1S/C15H24N4O/c1-11-5-3-6-12(2)19(11)17-10-13-7-4-8-14(9-13)15(16)18-20/h4,7-9,11-12,17,20H,3,5-6,10H2,1-2H3,(H2,16,18). The van der Waals surface area contributed by atoms with Gasteiger partial charge >= 0.3 is 0 Å². The number of oxime groups is 1. The summed E-state index contributed by atoms with van der Waals surface area (Å²) in [5.74, 6) is 0.145. The summed E-state index contributed by atoms with van der Waals surface area (Å²) >= 11 is 0. The third-order valence-electron chi connectivity index (χ3n) is 3.99. The quantitative estimate of drug-likeness (QED) is 0.340. The van der Waals surface area contributed by atoms with E-state index in [-0.39, 0.29) is 5.84 Å². The highest BCUT2D eigenvalue weighted by Gasteiger charge is 2.24. The van der Waals surface area contributed by atoms with Crippen LogP contribution in [0.5, 0.6) is 0 Å². The van der Waals surface area contributed by atoms with Crippen molar-refractivity contribution in [2.24, 2.45) is 10.9 Å². The fourth-order valence-corrected chi connectivity index (χ4v) is 2.81. The first kappa shape index (κ1) is 14.8. The van der Waals surface area contributed by atoms with Crippen LogP contribution in [0.25, 0.3) is 0 Å². The molecule has 1 saturated heterocycles. The number of nitrogens with two attached hydrogens (primary N) is 1. The van der Waals surface area contributed by atoms with Gasteiger partial charge in [-0.25, -0.2) is 5.01 Å². The van der Waals surface area contributed by atoms with Crippen LogP contribution in [0.2, 0.25) is 0 Å². The molecule has 1 aliphatic rings. The SMILES string of the molecule is CC1CCCC(C)N1NCc1cccc(/C(N)=N/O)c1. The molecule has 5 nitrogen and oxygen atoms in total. The third kappa shape index (κ3) is 3.49. The number of amidine groups is 1. The molecule has 0 bridgehead atoms. The summed E-state index contributed by atoms with van der Waals surface area (Å²) in [6.45, 7) is 5.27. The zero-order valence-electron chi connectivity index (χ0n) is 12.2. The Morgan fingerprint density at radius 3 is 2.75 bits per heavy atom. The second-order valence-corrected chi connectivity index (χ2v) is 5.56. The second kappa shape index (κ2) is 6.72. The number of nitrogens with zero attached hydrogens (tertiary/aromatic N) is 2. The van der Waals surface area contributed by atoms with Crippen molar-refractivity contribution < 1.29 is 5.21 Å². The van der Waals surface area contributed by atoms with Crippen molar-refractivity contribution >= 4 is 5.84 Å². The maximum atomic E-state index is 8.72. The molecule has 0 amide bonds. The van der Waals surface area contributed by atoms with Crippen molar-refractivity contribution in [3.05, 3.63) is 35.4 Å². The van der Waals surface area contributed by atoms with Crippen molar-refractivity contribution in [3.63, 3.8) is 0 Å². The van der Waals surface area contributed by atoms with Crippen LogP contribution >= 0.6 is 0 Å². The highest BCUT2D eigenvalue weighted by molar-refractivity contribution is 5.97. The number of piperidine rings is 1. The summed E-state index contributed by atoms with van der Waals surface area (Å²) in [5.41, 5.74) is 11.0. The van der Waals surface area contributed by atoms with Crippen LogP contribution in [0.3, 0.4) is 0 Å². The average molecular weight is 276 g/mol. The molecule has 2 unspecified atom stereocenters. The number of hydrogen-bond acceptors (Lipinski definition) is 4. The van der Waals surface area contributed by atoms with Crippen molar-refractivity contribution in [2.45, 2.75) is 51.7 Å². The van der Waals surface area contributed by atoms with Gasteiger partial charge in [0.05, 0.1) is 0 Å². The Kier molecular flexibility index (Phi) is 4.98. The predicted octanol–water partition coefficient (Wildman–Crippen LogP) is 2.05. The van der Waals surface area contributed by atoms with E-state index in [4.69, 9.17) is 10.9 Å². The van der Waals surface area contributed by atoms with E-state index in [1.165, 1.54) is 19.3 Å². The summed E-state index contributed by atoms with van der Waals surface area (Å²) in [6, 6.07) is 8.87. The molecular weight excluding hydrogens is 252 g/mol. The lowest BCUT2D eigenvalue weighted by Crippen LogP contribution is -2.51. The molecule has 1 heterocycles. The highest BCUT2D eigenvalue weighted by atomic mass is 16.4. The molecule has 5 heteroatoms.